The number of ether oxygens (including phenoxy) is 1. The van der Waals surface area contributed by atoms with Crippen molar-refractivity contribution in [3.8, 4) is 5.75 Å². The summed E-state index contributed by atoms with van der Waals surface area (Å²) in [6.45, 7) is 2.41. The molecule has 1 aliphatic heterocycles. The molecular formula is C23H26FN3O5S. The molecule has 2 heterocycles. The highest BCUT2D eigenvalue weighted by Crippen LogP contribution is 2.31. The van der Waals surface area contributed by atoms with E-state index in [0.29, 0.717) is 29.3 Å². The van der Waals surface area contributed by atoms with Gasteiger partial charge in [-0.3, -0.25) is 15.1 Å². The minimum Gasteiger partial charge on any atom is -0.490 e. The van der Waals surface area contributed by atoms with Crippen LogP contribution < -0.4 is 10.1 Å². The second-order valence-corrected chi connectivity index (χ2v) is 10.9. The van der Waals surface area contributed by atoms with E-state index in [1.165, 1.54) is 17.2 Å². The third kappa shape index (κ3) is 6.28. The number of rotatable bonds is 10. The number of hydrogen-bond donors (Lipinski definition) is 1. The lowest BCUT2D eigenvalue weighted by Gasteiger charge is -2.15. The van der Waals surface area contributed by atoms with Gasteiger partial charge in [0, 0.05) is 6.20 Å². The van der Waals surface area contributed by atoms with Crippen LogP contribution in [0.1, 0.15) is 42.5 Å². The number of aromatic nitrogens is 1. The molecule has 176 valence electrons. The summed E-state index contributed by atoms with van der Waals surface area (Å²) in [5.41, 5.74) is 1.79. The largest absolute Gasteiger partial charge is 0.490 e. The van der Waals surface area contributed by atoms with E-state index in [4.69, 9.17) is 4.74 Å². The van der Waals surface area contributed by atoms with Gasteiger partial charge in [-0.25, -0.2) is 17.6 Å². The van der Waals surface area contributed by atoms with Crippen molar-refractivity contribution in [3.05, 3.63) is 59.2 Å². The number of imide groups is 1. The summed E-state index contributed by atoms with van der Waals surface area (Å²) >= 11 is 0. The smallest absolute Gasteiger partial charge is 0.324 e. The maximum atomic E-state index is 14.0. The lowest BCUT2D eigenvalue weighted by molar-refractivity contribution is -0.118. The molecule has 8 nitrogen and oxygen atoms in total. The third-order valence-corrected chi connectivity index (χ3v) is 7.47. The fourth-order valence-electron chi connectivity index (χ4n) is 3.66. The van der Waals surface area contributed by atoms with Gasteiger partial charge in [-0.1, -0.05) is 19.1 Å². The van der Waals surface area contributed by atoms with Crippen LogP contribution >= 0.6 is 0 Å². The lowest BCUT2D eigenvalue weighted by Crippen LogP contribution is -2.28. The molecule has 1 N–H and O–H groups in total. The summed E-state index contributed by atoms with van der Waals surface area (Å²) in [4.78, 5) is 28.5. The van der Waals surface area contributed by atoms with E-state index in [-0.39, 0.29) is 42.2 Å². The van der Waals surface area contributed by atoms with Gasteiger partial charge >= 0.3 is 6.03 Å². The number of nitrogens with one attached hydrogen (secondary N) is 1. The van der Waals surface area contributed by atoms with Gasteiger partial charge in [0.05, 0.1) is 30.4 Å². The first-order chi connectivity index (χ1) is 15.7. The predicted octanol–water partition coefficient (Wildman–Crippen LogP) is 2.78. The molecule has 0 radical (unpaired) electrons. The first-order valence-electron chi connectivity index (χ1n) is 10.8. The SMILES string of the molecule is C[C@@H](CS(=O)(=O)Cc1ccc(CN2CC(=O)NC2=O)nc1)c1ccc(F)c(OCC2CC2)c1. The van der Waals surface area contributed by atoms with Gasteiger partial charge in [0.15, 0.2) is 21.4 Å². The van der Waals surface area contributed by atoms with Crippen molar-refractivity contribution in [1.29, 1.82) is 0 Å². The Hall–Kier alpha value is -3.01. The van der Waals surface area contributed by atoms with Gasteiger partial charge in [0.1, 0.15) is 6.54 Å². The number of pyridine rings is 1. The average Bonchev–Trinajstić information content (AvgIpc) is 3.52. The van der Waals surface area contributed by atoms with Crippen LogP contribution in [0.2, 0.25) is 0 Å². The molecule has 1 saturated heterocycles. The van der Waals surface area contributed by atoms with Crippen molar-refractivity contribution in [1.82, 2.24) is 15.2 Å². The fraction of sp³-hybridized carbons (Fsp3) is 0.435. The first-order valence-corrected chi connectivity index (χ1v) is 12.7. The molecule has 1 aliphatic carbocycles. The fourth-order valence-corrected chi connectivity index (χ4v) is 5.41. The molecule has 4 rings (SSSR count). The maximum absolute atomic E-state index is 14.0. The van der Waals surface area contributed by atoms with Crippen LogP contribution in [0.25, 0.3) is 0 Å². The topological polar surface area (TPSA) is 106 Å². The Morgan fingerprint density at radius 3 is 2.67 bits per heavy atom. The second kappa shape index (κ2) is 9.46. The number of carbonyl (C=O) groups is 2. The number of sulfone groups is 1. The van der Waals surface area contributed by atoms with Crippen LogP contribution in [0.15, 0.2) is 36.5 Å². The molecule has 1 saturated carbocycles. The molecule has 10 heteroatoms. The van der Waals surface area contributed by atoms with Crippen LogP contribution in [0.4, 0.5) is 9.18 Å². The lowest BCUT2D eigenvalue weighted by atomic mass is 10.0. The molecule has 3 amide bonds. The number of hydrogen-bond acceptors (Lipinski definition) is 6. The summed E-state index contributed by atoms with van der Waals surface area (Å²) in [7, 11) is -3.47. The number of benzene rings is 1. The second-order valence-electron chi connectivity index (χ2n) is 8.77. The van der Waals surface area contributed by atoms with Gasteiger partial charge in [-0.2, -0.15) is 0 Å². The zero-order valence-electron chi connectivity index (χ0n) is 18.3. The number of carbonyl (C=O) groups excluding carboxylic acids is 2. The van der Waals surface area contributed by atoms with E-state index < -0.39 is 21.7 Å². The molecule has 0 unspecified atom stereocenters. The molecule has 1 atom stereocenters. The Bertz CT molecular complexity index is 1150. The summed E-state index contributed by atoms with van der Waals surface area (Å²) in [5.74, 6) is -0.774. The molecule has 33 heavy (non-hydrogen) atoms. The summed E-state index contributed by atoms with van der Waals surface area (Å²) in [6.07, 6.45) is 3.66. The minimum atomic E-state index is -3.47. The molecular weight excluding hydrogens is 449 g/mol. The van der Waals surface area contributed by atoms with E-state index in [1.54, 1.807) is 31.2 Å². The van der Waals surface area contributed by atoms with Crippen molar-refractivity contribution in [2.45, 2.75) is 38.0 Å². The van der Waals surface area contributed by atoms with Crippen LogP contribution in [-0.4, -0.2) is 49.1 Å². The highest BCUT2D eigenvalue weighted by Gasteiger charge is 2.27. The van der Waals surface area contributed by atoms with E-state index >= 15 is 0 Å². The van der Waals surface area contributed by atoms with E-state index in [1.807, 2.05) is 0 Å². The van der Waals surface area contributed by atoms with Crippen molar-refractivity contribution in [2.24, 2.45) is 5.92 Å². The molecule has 0 spiro atoms. The van der Waals surface area contributed by atoms with Gasteiger partial charge in [-0.15, -0.1) is 0 Å². The zero-order chi connectivity index (χ0) is 23.6. The van der Waals surface area contributed by atoms with Crippen LogP contribution in [0.3, 0.4) is 0 Å². The molecule has 2 aliphatic rings. The summed E-state index contributed by atoms with van der Waals surface area (Å²) in [5, 5.41) is 2.19. The Balaban J connectivity index is 1.35. The Kier molecular flexibility index (Phi) is 6.64. The molecule has 1 aromatic carbocycles. The standard InChI is InChI=1S/C23H26FN3O5S/c1-15(18-5-7-20(24)21(8-18)32-12-16-2-3-16)13-33(30,31)14-17-4-6-19(25-9-17)10-27-11-22(28)26-23(27)29/h4-9,15-16H,2-3,10-14H2,1H3,(H,26,28,29)/t15-/m0/s1. The van der Waals surface area contributed by atoms with Crippen molar-refractivity contribution < 1.29 is 27.1 Å². The van der Waals surface area contributed by atoms with Gasteiger partial charge < -0.3 is 9.64 Å². The van der Waals surface area contributed by atoms with Crippen LogP contribution in [0.5, 0.6) is 5.75 Å². The first kappa shape index (κ1) is 23.2. The molecule has 0 bridgehead atoms. The minimum absolute atomic E-state index is 0.0226. The predicted molar refractivity (Wildman–Crippen MR) is 119 cm³/mol. The quantitative estimate of drug-likeness (QED) is 0.530. The van der Waals surface area contributed by atoms with Gasteiger partial charge in [-0.05, 0) is 54.0 Å². The van der Waals surface area contributed by atoms with Crippen molar-refractivity contribution in [2.75, 3.05) is 18.9 Å². The molecule has 2 fully saturated rings. The Morgan fingerprint density at radius 1 is 1.24 bits per heavy atom. The molecule has 1 aromatic heterocycles. The van der Waals surface area contributed by atoms with Crippen molar-refractivity contribution in [3.63, 3.8) is 0 Å². The zero-order valence-corrected chi connectivity index (χ0v) is 19.1. The number of nitrogens with zero attached hydrogens (tertiary/aromatic N) is 2. The summed E-state index contributed by atoms with van der Waals surface area (Å²) in [6, 6.07) is 7.33. The summed E-state index contributed by atoms with van der Waals surface area (Å²) < 4.78 is 45.1. The maximum Gasteiger partial charge on any atom is 0.324 e. The van der Waals surface area contributed by atoms with E-state index in [9.17, 15) is 22.4 Å². The van der Waals surface area contributed by atoms with Crippen molar-refractivity contribution >= 4 is 21.8 Å². The normalized spacial score (nSPS) is 17.2. The van der Waals surface area contributed by atoms with E-state index in [0.717, 1.165) is 12.8 Å². The number of urea groups is 1. The third-order valence-electron chi connectivity index (χ3n) is 5.69. The number of amides is 3. The van der Waals surface area contributed by atoms with Crippen LogP contribution in [0, 0.1) is 11.7 Å². The Labute approximate surface area is 192 Å². The number of halogens is 1. The van der Waals surface area contributed by atoms with Gasteiger partial charge in [0.2, 0.25) is 5.91 Å². The highest BCUT2D eigenvalue weighted by molar-refractivity contribution is 7.90. The van der Waals surface area contributed by atoms with Gasteiger partial charge in [0.25, 0.3) is 0 Å². The van der Waals surface area contributed by atoms with Crippen LogP contribution in [-0.2, 0) is 26.9 Å². The highest BCUT2D eigenvalue weighted by atomic mass is 32.2. The van der Waals surface area contributed by atoms with E-state index in [2.05, 4.69) is 10.3 Å². The Morgan fingerprint density at radius 2 is 2.03 bits per heavy atom. The average molecular weight is 476 g/mol. The monoisotopic (exact) mass is 475 g/mol. The molecule has 2 aromatic rings.